The number of anilines is 3. The van der Waals surface area contributed by atoms with Crippen LogP contribution in [-0.4, -0.2) is 18.2 Å². The third kappa shape index (κ3) is 5.31. The molecular weight excluding hydrogens is 398 g/mol. The van der Waals surface area contributed by atoms with Gasteiger partial charge in [-0.15, -0.1) is 0 Å². The quantitative estimate of drug-likeness (QED) is 0.355. The zero-order valence-corrected chi connectivity index (χ0v) is 18.7. The summed E-state index contributed by atoms with van der Waals surface area (Å²) >= 11 is 0. The number of hydrogen-bond donors (Lipinski definition) is 0. The van der Waals surface area contributed by atoms with Gasteiger partial charge in [0.05, 0.1) is 0 Å². The maximum atomic E-state index is 12.4. The van der Waals surface area contributed by atoms with Crippen molar-refractivity contribution >= 4 is 23.0 Å². The number of esters is 1. The summed E-state index contributed by atoms with van der Waals surface area (Å²) in [7, 11) is 0. The Labute approximate surface area is 190 Å². The van der Waals surface area contributed by atoms with Crippen LogP contribution in [0.5, 0.6) is 5.75 Å². The van der Waals surface area contributed by atoms with Crippen molar-refractivity contribution in [3.05, 3.63) is 84.9 Å². The highest BCUT2D eigenvalue weighted by atomic mass is 16.6. The van der Waals surface area contributed by atoms with Crippen molar-refractivity contribution in [2.24, 2.45) is 0 Å². The van der Waals surface area contributed by atoms with Crippen LogP contribution in [0.15, 0.2) is 84.9 Å². The molecule has 166 valence electrons. The number of nitrogens with zero attached hydrogens (tertiary/aromatic N) is 1. The number of rotatable bonds is 8. The van der Waals surface area contributed by atoms with E-state index in [4.69, 9.17) is 9.47 Å². The Balaban J connectivity index is 1.43. The molecule has 1 aliphatic carbocycles. The minimum absolute atomic E-state index is 0.0673. The van der Waals surface area contributed by atoms with Crippen molar-refractivity contribution in [2.75, 3.05) is 11.5 Å². The van der Waals surface area contributed by atoms with Crippen molar-refractivity contribution in [1.29, 1.82) is 0 Å². The topological polar surface area (TPSA) is 38.8 Å². The monoisotopic (exact) mass is 429 g/mol. The molecule has 0 bridgehead atoms. The van der Waals surface area contributed by atoms with Crippen LogP contribution in [0, 0.1) is 0 Å². The Bertz CT molecular complexity index is 941. The Morgan fingerprint density at radius 1 is 0.781 bits per heavy atom. The molecule has 0 atom stereocenters. The molecule has 1 saturated carbocycles. The molecule has 4 rings (SSSR count). The van der Waals surface area contributed by atoms with E-state index < -0.39 is 0 Å². The van der Waals surface area contributed by atoms with Crippen LogP contribution in [0.25, 0.3) is 0 Å². The third-order valence-electron chi connectivity index (χ3n) is 6.22. The van der Waals surface area contributed by atoms with Gasteiger partial charge in [-0.1, -0.05) is 49.7 Å². The number of benzene rings is 3. The zero-order chi connectivity index (χ0) is 22.2. The summed E-state index contributed by atoms with van der Waals surface area (Å²) in [5.41, 5.74) is 2.88. The third-order valence-corrected chi connectivity index (χ3v) is 6.22. The number of carbonyl (C=O) groups excluding carboxylic acids is 1. The molecule has 0 spiro atoms. The zero-order valence-electron chi connectivity index (χ0n) is 18.7. The Morgan fingerprint density at radius 2 is 1.31 bits per heavy atom. The highest BCUT2D eigenvalue weighted by molar-refractivity contribution is 5.76. The molecule has 0 amide bonds. The van der Waals surface area contributed by atoms with E-state index in [1.165, 1.54) is 6.42 Å². The van der Waals surface area contributed by atoms with E-state index in [1.807, 2.05) is 60.7 Å². The molecule has 0 aromatic heterocycles. The van der Waals surface area contributed by atoms with Crippen LogP contribution in [0.3, 0.4) is 0 Å². The van der Waals surface area contributed by atoms with Crippen molar-refractivity contribution in [1.82, 2.24) is 0 Å². The molecular formula is C28H31NO3. The van der Waals surface area contributed by atoms with Crippen molar-refractivity contribution < 1.29 is 14.3 Å². The van der Waals surface area contributed by atoms with Crippen LogP contribution in [0.1, 0.15) is 45.4 Å². The van der Waals surface area contributed by atoms with Gasteiger partial charge in [-0.25, -0.2) is 4.79 Å². The first kappa shape index (κ1) is 21.9. The van der Waals surface area contributed by atoms with Crippen LogP contribution in [0.2, 0.25) is 0 Å². The van der Waals surface area contributed by atoms with E-state index in [9.17, 15) is 4.79 Å². The van der Waals surface area contributed by atoms with Crippen molar-refractivity contribution in [2.45, 2.75) is 51.0 Å². The van der Waals surface area contributed by atoms with Gasteiger partial charge in [0.25, 0.3) is 0 Å². The number of hydrogen-bond acceptors (Lipinski definition) is 4. The second-order valence-electron chi connectivity index (χ2n) is 8.36. The second kappa shape index (κ2) is 10.4. The van der Waals surface area contributed by atoms with E-state index in [1.54, 1.807) is 0 Å². The van der Waals surface area contributed by atoms with Gasteiger partial charge in [-0.3, -0.25) is 0 Å². The molecule has 3 aromatic rings. The minimum Gasteiger partial charge on any atom is -0.482 e. The van der Waals surface area contributed by atoms with Gasteiger partial charge in [0.15, 0.2) is 6.61 Å². The predicted octanol–water partition coefficient (Wildman–Crippen LogP) is 7.19. The average molecular weight is 430 g/mol. The molecule has 3 aromatic carbocycles. The second-order valence-corrected chi connectivity index (χ2v) is 8.36. The Hall–Kier alpha value is -3.27. The summed E-state index contributed by atoms with van der Waals surface area (Å²) in [6, 6.07) is 28.3. The Morgan fingerprint density at radius 3 is 1.84 bits per heavy atom. The van der Waals surface area contributed by atoms with E-state index >= 15 is 0 Å². The summed E-state index contributed by atoms with van der Waals surface area (Å²) in [6.45, 7) is 2.03. The maximum Gasteiger partial charge on any atom is 0.344 e. The number of ether oxygens (including phenoxy) is 2. The molecule has 0 aliphatic heterocycles. The number of carbonyl (C=O) groups is 1. The molecule has 1 fully saturated rings. The lowest BCUT2D eigenvalue weighted by Crippen LogP contribution is -2.38. The van der Waals surface area contributed by atoms with E-state index in [0.29, 0.717) is 5.75 Å². The highest BCUT2D eigenvalue weighted by Crippen LogP contribution is 2.36. The molecule has 0 N–H and O–H groups in total. The summed E-state index contributed by atoms with van der Waals surface area (Å²) in [6.07, 6.45) is 6.26. The van der Waals surface area contributed by atoms with Gasteiger partial charge in [-0.2, -0.15) is 0 Å². The van der Waals surface area contributed by atoms with Crippen LogP contribution in [-0.2, 0) is 9.53 Å². The van der Waals surface area contributed by atoms with E-state index in [-0.39, 0.29) is 18.2 Å². The fourth-order valence-corrected chi connectivity index (χ4v) is 4.43. The highest BCUT2D eigenvalue weighted by Gasteiger charge is 2.34. The summed E-state index contributed by atoms with van der Waals surface area (Å²) in [4.78, 5) is 14.6. The molecule has 1 aliphatic rings. The molecule has 0 saturated heterocycles. The van der Waals surface area contributed by atoms with E-state index in [0.717, 1.165) is 49.2 Å². The molecule has 0 radical (unpaired) electrons. The van der Waals surface area contributed by atoms with Crippen LogP contribution in [0.4, 0.5) is 17.1 Å². The van der Waals surface area contributed by atoms with E-state index in [2.05, 4.69) is 36.1 Å². The van der Waals surface area contributed by atoms with Gasteiger partial charge >= 0.3 is 5.97 Å². The lowest BCUT2D eigenvalue weighted by Gasteiger charge is -2.35. The lowest BCUT2D eigenvalue weighted by molar-refractivity contribution is -0.166. The average Bonchev–Trinajstić information content (AvgIpc) is 2.86. The van der Waals surface area contributed by atoms with Crippen molar-refractivity contribution in [3.63, 3.8) is 0 Å². The van der Waals surface area contributed by atoms with Gasteiger partial charge in [0.1, 0.15) is 11.4 Å². The molecule has 0 heterocycles. The van der Waals surface area contributed by atoms with Gasteiger partial charge in [0.2, 0.25) is 0 Å². The molecule has 4 heteroatoms. The normalized spacial score (nSPS) is 15.0. The largest absolute Gasteiger partial charge is 0.482 e. The standard InChI is InChI=1S/C28H31NO3/c1-2-28(20-10-5-11-21-28)32-27(30)22-31-26-18-16-25(17-19-26)29(23-12-6-3-7-13-23)24-14-8-4-9-15-24/h3-4,6-9,12-19H,2,5,10-11,20-22H2,1H3. The number of para-hydroxylation sites is 2. The summed E-state index contributed by atoms with van der Waals surface area (Å²) in [5, 5.41) is 0. The molecule has 32 heavy (non-hydrogen) atoms. The smallest absolute Gasteiger partial charge is 0.344 e. The summed E-state index contributed by atoms with van der Waals surface area (Å²) < 4.78 is 11.6. The van der Waals surface area contributed by atoms with Crippen LogP contribution >= 0.6 is 0 Å². The van der Waals surface area contributed by atoms with Crippen molar-refractivity contribution in [3.8, 4) is 5.75 Å². The molecule has 4 nitrogen and oxygen atoms in total. The van der Waals surface area contributed by atoms with Gasteiger partial charge in [-0.05, 0) is 80.6 Å². The minimum atomic E-state index is -0.297. The SMILES string of the molecule is CCC1(OC(=O)COc2ccc(N(c3ccccc3)c3ccccc3)cc2)CCCCC1. The first-order valence-electron chi connectivity index (χ1n) is 11.5. The van der Waals surface area contributed by atoms with Crippen LogP contribution < -0.4 is 9.64 Å². The first-order valence-corrected chi connectivity index (χ1v) is 11.5. The maximum absolute atomic E-state index is 12.4. The summed E-state index contributed by atoms with van der Waals surface area (Å²) in [5.74, 6) is 0.369. The Kier molecular flexibility index (Phi) is 7.10. The van der Waals surface area contributed by atoms with Gasteiger partial charge in [0, 0.05) is 17.1 Å². The fourth-order valence-electron chi connectivity index (χ4n) is 4.43. The predicted molar refractivity (Wildman–Crippen MR) is 129 cm³/mol. The molecule has 0 unspecified atom stereocenters. The lowest BCUT2D eigenvalue weighted by atomic mass is 9.83. The fraction of sp³-hybridized carbons (Fsp3) is 0.321. The first-order chi connectivity index (χ1) is 15.7. The van der Waals surface area contributed by atoms with Gasteiger partial charge < -0.3 is 14.4 Å².